The zero-order valence-corrected chi connectivity index (χ0v) is 21.9. The van der Waals surface area contributed by atoms with Crippen LogP contribution in [0.1, 0.15) is 25.0 Å². The van der Waals surface area contributed by atoms with E-state index in [1.54, 1.807) is 7.11 Å². The Bertz CT molecular complexity index is 919. The molecular formula is C25H34Cl2N4OS. The predicted molar refractivity (Wildman–Crippen MR) is 142 cm³/mol. The van der Waals surface area contributed by atoms with Crippen LogP contribution in [0.2, 0.25) is 10.0 Å². The topological polar surface area (TPSA) is 39.8 Å². The molecule has 2 aromatic rings. The first-order valence-electron chi connectivity index (χ1n) is 11.4. The molecule has 2 N–H and O–H groups in total. The zero-order chi connectivity index (χ0) is 23.8. The number of hydrogen-bond donors (Lipinski definition) is 2. The molecule has 33 heavy (non-hydrogen) atoms. The number of thiocarbonyl (C=S) groups is 1. The number of halogens is 2. The molecular weight excluding hydrogens is 475 g/mol. The minimum absolute atomic E-state index is 0.282. The monoisotopic (exact) mass is 508 g/mol. The maximum Gasteiger partial charge on any atom is 0.166 e. The highest BCUT2D eigenvalue weighted by atomic mass is 35.5. The quantitative estimate of drug-likeness (QED) is 0.473. The molecule has 1 aliphatic heterocycles. The molecule has 1 unspecified atom stereocenters. The van der Waals surface area contributed by atoms with Gasteiger partial charge in [0.2, 0.25) is 0 Å². The van der Waals surface area contributed by atoms with Crippen molar-refractivity contribution in [3.63, 3.8) is 0 Å². The average Bonchev–Trinajstić information content (AvgIpc) is 2.81. The Labute approximate surface area is 213 Å². The van der Waals surface area contributed by atoms with Crippen molar-refractivity contribution in [1.29, 1.82) is 0 Å². The number of piperazine rings is 1. The number of methoxy groups -OCH3 is 1. The van der Waals surface area contributed by atoms with Gasteiger partial charge in [0, 0.05) is 57.4 Å². The van der Waals surface area contributed by atoms with Gasteiger partial charge in [-0.3, -0.25) is 9.80 Å². The highest BCUT2D eigenvalue weighted by molar-refractivity contribution is 7.80. The van der Waals surface area contributed by atoms with Crippen molar-refractivity contribution >= 4 is 40.5 Å². The lowest BCUT2D eigenvalue weighted by molar-refractivity contribution is 0.114. The van der Waals surface area contributed by atoms with Gasteiger partial charge in [-0.1, -0.05) is 61.3 Å². The first-order chi connectivity index (χ1) is 15.9. The van der Waals surface area contributed by atoms with E-state index in [4.69, 9.17) is 40.2 Å². The Kier molecular flexibility index (Phi) is 10.1. The van der Waals surface area contributed by atoms with Gasteiger partial charge in [0.1, 0.15) is 5.75 Å². The van der Waals surface area contributed by atoms with Gasteiger partial charge in [0.05, 0.1) is 17.2 Å². The second-order valence-corrected chi connectivity index (χ2v) is 10.0. The van der Waals surface area contributed by atoms with Crippen molar-refractivity contribution < 1.29 is 4.74 Å². The highest BCUT2D eigenvalue weighted by Gasteiger charge is 2.22. The Balaban J connectivity index is 1.45. The van der Waals surface area contributed by atoms with Gasteiger partial charge in [-0.15, -0.1) is 0 Å². The van der Waals surface area contributed by atoms with E-state index in [1.165, 1.54) is 5.56 Å². The van der Waals surface area contributed by atoms with Crippen molar-refractivity contribution in [2.24, 2.45) is 5.92 Å². The SMILES string of the molecule is COc1ccccc1CNC(=S)NC(CN1CCN(Cc2ccc(Cl)c(Cl)c2)CC1)C(C)C. The number of para-hydroxylation sites is 1. The molecule has 1 fully saturated rings. The van der Waals surface area contributed by atoms with Crippen LogP contribution in [0.3, 0.4) is 0 Å². The summed E-state index contributed by atoms with van der Waals surface area (Å²) in [6, 6.07) is 14.2. The van der Waals surface area contributed by atoms with E-state index in [9.17, 15) is 0 Å². The summed E-state index contributed by atoms with van der Waals surface area (Å²) in [4.78, 5) is 4.99. The molecule has 0 spiro atoms. The van der Waals surface area contributed by atoms with Crippen LogP contribution in [0.5, 0.6) is 5.75 Å². The third kappa shape index (κ3) is 8.01. The standard InChI is InChI=1S/C25H34Cl2N4OS/c1-18(2)23(29-25(33)28-15-20-6-4-5-7-24(20)32-3)17-31-12-10-30(11-13-31)16-19-8-9-21(26)22(27)14-19/h4-9,14,18,23H,10-13,15-17H2,1-3H3,(H2,28,29,33). The molecule has 0 aromatic heterocycles. The van der Waals surface area contributed by atoms with Crippen molar-refractivity contribution in [3.8, 4) is 5.75 Å². The van der Waals surface area contributed by atoms with Gasteiger partial charge in [0.25, 0.3) is 0 Å². The molecule has 2 aromatic carbocycles. The minimum Gasteiger partial charge on any atom is -0.496 e. The lowest BCUT2D eigenvalue weighted by Gasteiger charge is -2.37. The van der Waals surface area contributed by atoms with Crippen molar-refractivity contribution in [3.05, 3.63) is 63.6 Å². The van der Waals surface area contributed by atoms with Crippen molar-refractivity contribution in [1.82, 2.24) is 20.4 Å². The third-order valence-corrected chi connectivity index (χ3v) is 7.06. The fourth-order valence-electron chi connectivity index (χ4n) is 3.97. The summed E-state index contributed by atoms with van der Waals surface area (Å²) in [6.07, 6.45) is 0. The van der Waals surface area contributed by atoms with Gasteiger partial charge in [0.15, 0.2) is 5.11 Å². The largest absolute Gasteiger partial charge is 0.496 e. The first kappa shape index (κ1) is 26.0. The molecule has 3 rings (SSSR count). The van der Waals surface area contributed by atoms with Crippen LogP contribution < -0.4 is 15.4 Å². The van der Waals surface area contributed by atoms with Crippen molar-refractivity contribution in [2.75, 3.05) is 39.8 Å². The molecule has 180 valence electrons. The van der Waals surface area contributed by atoms with E-state index in [0.717, 1.165) is 50.6 Å². The van der Waals surface area contributed by atoms with Crippen LogP contribution in [0.25, 0.3) is 0 Å². The van der Waals surface area contributed by atoms with Crippen LogP contribution in [-0.2, 0) is 13.1 Å². The summed E-state index contributed by atoms with van der Waals surface area (Å²) in [6.45, 7) is 11.1. The normalized spacial score (nSPS) is 15.9. The summed E-state index contributed by atoms with van der Waals surface area (Å²) in [5.41, 5.74) is 2.29. The maximum atomic E-state index is 6.17. The van der Waals surface area contributed by atoms with Gasteiger partial charge in [-0.25, -0.2) is 0 Å². The van der Waals surface area contributed by atoms with E-state index in [1.807, 2.05) is 36.4 Å². The number of nitrogens with one attached hydrogen (secondary N) is 2. The van der Waals surface area contributed by atoms with E-state index in [-0.39, 0.29) is 6.04 Å². The number of benzene rings is 2. The lowest BCUT2D eigenvalue weighted by Crippen LogP contribution is -2.53. The van der Waals surface area contributed by atoms with Crippen LogP contribution in [-0.4, -0.2) is 60.8 Å². The molecule has 8 heteroatoms. The smallest absolute Gasteiger partial charge is 0.166 e. The summed E-state index contributed by atoms with van der Waals surface area (Å²) in [5, 5.41) is 8.77. The van der Waals surface area contributed by atoms with Crippen LogP contribution >= 0.6 is 35.4 Å². The molecule has 1 heterocycles. The molecule has 1 saturated heterocycles. The van der Waals surface area contributed by atoms with E-state index < -0.39 is 0 Å². The molecule has 0 radical (unpaired) electrons. The van der Waals surface area contributed by atoms with Crippen LogP contribution in [0.15, 0.2) is 42.5 Å². The van der Waals surface area contributed by atoms with Crippen LogP contribution in [0.4, 0.5) is 0 Å². The van der Waals surface area contributed by atoms with E-state index in [0.29, 0.717) is 27.6 Å². The van der Waals surface area contributed by atoms with Gasteiger partial charge >= 0.3 is 0 Å². The van der Waals surface area contributed by atoms with Gasteiger partial charge < -0.3 is 15.4 Å². The predicted octanol–water partition coefficient (Wildman–Crippen LogP) is 4.81. The second kappa shape index (κ2) is 12.8. The number of rotatable bonds is 9. The molecule has 5 nitrogen and oxygen atoms in total. The Morgan fingerprint density at radius 1 is 1.03 bits per heavy atom. The fraction of sp³-hybridized carbons (Fsp3) is 0.480. The summed E-state index contributed by atoms with van der Waals surface area (Å²) >= 11 is 17.8. The Hall–Kier alpha value is -1.57. The Morgan fingerprint density at radius 3 is 2.39 bits per heavy atom. The maximum absolute atomic E-state index is 6.17. The van der Waals surface area contributed by atoms with Gasteiger partial charge in [-0.2, -0.15) is 0 Å². The number of nitrogens with zero attached hydrogens (tertiary/aromatic N) is 2. The lowest BCUT2D eigenvalue weighted by atomic mass is 10.0. The molecule has 0 saturated carbocycles. The summed E-state index contributed by atoms with van der Waals surface area (Å²) in [5.74, 6) is 1.33. The number of ether oxygens (including phenoxy) is 1. The molecule has 0 bridgehead atoms. The second-order valence-electron chi connectivity index (χ2n) is 8.81. The third-order valence-electron chi connectivity index (χ3n) is 6.06. The van der Waals surface area contributed by atoms with Crippen LogP contribution in [0, 0.1) is 5.92 Å². The molecule has 0 amide bonds. The number of hydrogen-bond acceptors (Lipinski definition) is 4. The summed E-state index contributed by atoms with van der Waals surface area (Å²) < 4.78 is 5.43. The molecule has 1 atom stereocenters. The fourth-order valence-corrected chi connectivity index (χ4v) is 4.52. The highest BCUT2D eigenvalue weighted by Crippen LogP contribution is 2.23. The minimum atomic E-state index is 0.282. The molecule has 1 aliphatic rings. The Morgan fingerprint density at radius 2 is 1.73 bits per heavy atom. The van der Waals surface area contributed by atoms with E-state index >= 15 is 0 Å². The summed E-state index contributed by atoms with van der Waals surface area (Å²) in [7, 11) is 1.69. The average molecular weight is 510 g/mol. The van der Waals surface area contributed by atoms with Gasteiger partial charge in [-0.05, 0) is 41.9 Å². The van der Waals surface area contributed by atoms with E-state index in [2.05, 4.69) is 40.3 Å². The first-order valence-corrected chi connectivity index (χ1v) is 12.6. The zero-order valence-electron chi connectivity index (χ0n) is 19.6. The molecule has 0 aliphatic carbocycles. The van der Waals surface area contributed by atoms with Crippen molar-refractivity contribution in [2.45, 2.75) is 33.0 Å².